The van der Waals surface area contributed by atoms with E-state index >= 15 is 0 Å². The molecule has 3 aromatic rings. The Morgan fingerprint density at radius 3 is 2.60 bits per heavy atom. The lowest BCUT2D eigenvalue weighted by atomic mass is 9.97. The van der Waals surface area contributed by atoms with Crippen molar-refractivity contribution in [2.24, 2.45) is 5.92 Å². The predicted molar refractivity (Wildman–Crippen MR) is 129 cm³/mol. The quantitative estimate of drug-likeness (QED) is 0.489. The maximum Gasteiger partial charge on any atom is 0.330 e. The van der Waals surface area contributed by atoms with Gasteiger partial charge in [0.2, 0.25) is 0 Å². The molecular weight excluding hydrogens is 452 g/mol. The molecule has 10 heteroatoms. The molecule has 0 saturated heterocycles. The molecule has 2 aromatic carbocycles. The van der Waals surface area contributed by atoms with E-state index in [1.807, 2.05) is 54.6 Å². The van der Waals surface area contributed by atoms with Gasteiger partial charge in [0.25, 0.3) is 11.5 Å². The van der Waals surface area contributed by atoms with Gasteiger partial charge in [-0.05, 0) is 30.5 Å². The van der Waals surface area contributed by atoms with Crippen molar-refractivity contribution in [1.29, 1.82) is 0 Å². The van der Waals surface area contributed by atoms with Gasteiger partial charge in [-0.2, -0.15) is 0 Å². The largest absolute Gasteiger partial charge is 0.492 e. The molecule has 0 radical (unpaired) electrons. The minimum Gasteiger partial charge on any atom is -0.492 e. The first-order valence-corrected chi connectivity index (χ1v) is 11.2. The van der Waals surface area contributed by atoms with Gasteiger partial charge in [0.05, 0.1) is 12.5 Å². The Hall–Kier alpha value is -4.34. The number of fused-ring (bicyclic) bond motifs is 1. The zero-order chi connectivity index (χ0) is 24.9. The van der Waals surface area contributed by atoms with Crippen LogP contribution in [0.3, 0.4) is 0 Å². The smallest absolute Gasteiger partial charge is 0.330 e. The van der Waals surface area contributed by atoms with E-state index < -0.39 is 35.7 Å². The molecule has 0 fully saturated rings. The summed E-state index contributed by atoms with van der Waals surface area (Å²) in [4.78, 5) is 53.9. The number of nitrogens with one attached hydrogen (secondary N) is 1. The Morgan fingerprint density at radius 1 is 1.14 bits per heavy atom. The summed E-state index contributed by atoms with van der Waals surface area (Å²) in [5.74, 6) is -1.18. The van der Waals surface area contributed by atoms with Crippen LogP contribution in [0, 0.1) is 5.92 Å². The molecule has 1 aromatic heterocycles. The van der Waals surface area contributed by atoms with Crippen molar-refractivity contribution in [2.75, 3.05) is 30.4 Å². The first-order valence-electron chi connectivity index (χ1n) is 11.2. The van der Waals surface area contributed by atoms with Crippen LogP contribution in [0.4, 0.5) is 11.5 Å². The van der Waals surface area contributed by atoms with E-state index in [2.05, 4.69) is 4.98 Å². The summed E-state index contributed by atoms with van der Waals surface area (Å²) in [6.45, 7) is 1.41. The summed E-state index contributed by atoms with van der Waals surface area (Å²) < 4.78 is 12.1. The fraction of sp³-hybridized carbons (Fsp3) is 0.280. The number of aromatic nitrogens is 2. The van der Waals surface area contributed by atoms with Crippen molar-refractivity contribution in [2.45, 2.75) is 19.9 Å². The minimum atomic E-state index is -0.796. The monoisotopic (exact) mass is 478 g/mol. The minimum absolute atomic E-state index is 0.0765. The summed E-state index contributed by atoms with van der Waals surface area (Å²) >= 11 is 0. The molecule has 1 amide bonds. The average molecular weight is 479 g/mol. The Kier molecular flexibility index (Phi) is 7.00. The molecule has 0 bridgehead atoms. The van der Waals surface area contributed by atoms with Crippen LogP contribution in [0.5, 0.6) is 5.75 Å². The highest BCUT2D eigenvalue weighted by Crippen LogP contribution is 2.27. The molecule has 35 heavy (non-hydrogen) atoms. The first kappa shape index (κ1) is 23.8. The molecule has 4 rings (SSSR count). The molecule has 3 N–H and O–H groups in total. The van der Waals surface area contributed by atoms with E-state index in [4.69, 9.17) is 15.2 Å². The first-order chi connectivity index (χ1) is 16.9. The lowest BCUT2D eigenvalue weighted by Gasteiger charge is -2.25. The molecule has 1 aliphatic heterocycles. The second kappa shape index (κ2) is 10.3. The molecule has 0 spiro atoms. The Morgan fingerprint density at radius 2 is 1.86 bits per heavy atom. The van der Waals surface area contributed by atoms with Crippen molar-refractivity contribution >= 4 is 23.4 Å². The van der Waals surface area contributed by atoms with E-state index in [0.717, 1.165) is 21.8 Å². The van der Waals surface area contributed by atoms with E-state index in [1.54, 1.807) is 6.92 Å². The number of rotatable bonds is 7. The zero-order valence-electron chi connectivity index (χ0n) is 19.2. The fourth-order valence-electron chi connectivity index (χ4n) is 4.03. The number of carbonyl (C=O) groups is 2. The van der Waals surface area contributed by atoms with Crippen LogP contribution in [-0.4, -0.2) is 41.2 Å². The maximum atomic E-state index is 12.9. The predicted octanol–water partition coefficient (Wildman–Crippen LogP) is 1.31. The van der Waals surface area contributed by atoms with E-state index in [9.17, 15) is 19.2 Å². The van der Waals surface area contributed by atoms with Gasteiger partial charge in [0.1, 0.15) is 18.2 Å². The highest BCUT2D eigenvalue weighted by Gasteiger charge is 2.29. The van der Waals surface area contributed by atoms with Crippen molar-refractivity contribution < 1.29 is 19.1 Å². The number of esters is 1. The average Bonchev–Trinajstić information content (AvgIpc) is 2.87. The highest BCUT2D eigenvalue weighted by molar-refractivity contribution is 5.97. The number of nitrogen functional groups attached to an aromatic ring is 1. The van der Waals surface area contributed by atoms with Crippen molar-refractivity contribution in [3.05, 3.63) is 86.6 Å². The number of nitrogens with two attached hydrogens (primary N) is 1. The van der Waals surface area contributed by atoms with Crippen LogP contribution < -0.4 is 26.6 Å². The lowest BCUT2D eigenvalue weighted by Crippen LogP contribution is -2.43. The van der Waals surface area contributed by atoms with Crippen LogP contribution in [0.25, 0.3) is 0 Å². The number of amides is 1. The summed E-state index contributed by atoms with van der Waals surface area (Å²) in [5, 5.41) is 0. The molecule has 182 valence electrons. The molecule has 0 aliphatic carbocycles. The number of likely N-dealkylation sites (N-methyl/N-ethyl adjacent to an activating group) is 1. The highest BCUT2D eigenvalue weighted by atomic mass is 16.5. The number of para-hydroxylation sites is 1. The van der Waals surface area contributed by atoms with Crippen LogP contribution in [-0.2, 0) is 27.3 Å². The Bertz CT molecular complexity index is 1350. The number of aromatic amines is 1. The number of hydrogen-bond acceptors (Lipinski definition) is 7. The number of hydrogen-bond donors (Lipinski definition) is 2. The van der Waals surface area contributed by atoms with E-state index in [0.29, 0.717) is 6.42 Å². The van der Waals surface area contributed by atoms with Gasteiger partial charge in [-0.1, -0.05) is 48.5 Å². The SMILES string of the molecule is CCN(C(=O)COC(=O)C1COc2ccccc2C1)c1c(N)n(Cc2ccccc2)c(=O)[nH]c1=O. The lowest BCUT2D eigenvalue weighted by molar-refractivity contribution is -0.153. The molecule has 1 aliphatic rings. The van der Waals surface area contributed by atoms with Gasteiger partial charge < -0.3 is 20.1 Å². The summed E-state index contributed by atoms with van der Waals surface area (Å²) in [7, 11) is 0. The van der Waals surface area contributed by atoms with Crippen LogP contribution in [0.1, 0.15) is 18.1 Å². The molecule has 0 saturated carbocycles. The van der Waals surface area contributed by atoms with Gasteiger partial charge in [-0.3, -0.25) is 23.9 Å². The van der Waals surface area contributed by atoms with Gasteiger partial charge >= 0.3 is 11.7 Å². The number of H-pyrrole nitrogens is 1. The molecule has 1 unspecified atom stereocenters. The second-order valence-electron chi connectivity index (χ2n) is 8.13. The van der Waals surface area contributed by atoms with Gasteiger partial charge in [-0.25, -0.2) is 4.79 Å². The van der Waals surface area contributed by atoms with Crippen molar-refractivity contribution in [1.82, 2.24) is 9.55 Å². The Labute approximate surface area is 200 Å². The number of benzene rings is 2. The fourth-order valence-corrected chi connectivity index (χ4v) is 4.03. The molecule has 2 heterocycles. The van der Waals surface area contributed by atoms with E-state index in [-0.39, 0.29) is 31.2 Å². The zero-order valence-corrected chi connectivity index (χ0v) is 19.2. The third-order valence-corrected chi connectivity index (χ3v) is 5.83. The normalized spacial score (nSPS) is 14.5. The van der Waals surface area contributed by atoms with Crippen LogP contribution in [0.2, 0.25) is 0 Å². The van der Waals surface area contributed by atoms with Crippen molar-refractivity contribution in [3.63, 3.8) is 0 Å². The summed E-state index contributed by atoms with van der Waals surface area (Å²) in [5.41, 5.74) is 6.22. The van der Waals surface area contributed by atoms with Crippen LogP contribution >= 0.6 is 0 Å². The number of anilines is 2. The topological polar surface area (TPSA) is 137 Å². The van der Waals surface area contributed by atoms with E-state index in [1.165, 1.54) is 4.57 Å². The molecular formula is C25H26N4O6. The van der Waals surface area contributed by atoms with Gasteiger partial charge in [0.15, 0.2) is 12.3 Å². The number of nitrogens with zero attached hydrogens (tertiary/aromatic N) is 2. The van der Waals surface area contributed by atoms with Crippen molar-refractivity contribution in [3.8, 4) is 5.75 Å². The Balaban J connectivity index is 1.49. The third kappa shape index (κ3) is 5.11. The number of carbonyl (C=O) groups excluding carboxylic acids is 2. The molecule has 10 nitrogen and oxygen atoms in total. The third-order valence-electron chi connectivity index (χ3n) is 5.83. The molecule has 1 atom stereocenters. The summed E-state index contributed by atoms with van der Waals surface area (Å²) in [6.07, 6.45) is 0.442. The maximum absolute atomic E-state index is 12.9. The van der Waals surface area contributed by atoms with Crippen LogP contribution in [0.15, 0.2) is 64.2 Å². The second-order valence-corrected chi connectivity index (χ2v) is 8.13. The summed E-state index contributed by atoms with van der Waals surface area (Å²) in [6, 6.07) is 16.5. The van der Waals surface area contributed by atoms with Gasteiger partial charge in [0, 0.05) is 6.54 Å². The number of ether oxygens (including phenoxy) is 2. The van der Waals surface area contributed by atoms with Gasteiger partial charge in [-0.15, -0.1) is 0 Å². The standard InChI is InChI=1S/C25H26N4O6/c1-2-28(20(30)15-35-24(32)18-12-17-10-6-7-11-19(17)34-14-18)21-22(26)29(25(33)27-23(21)31)13-16-8-4-3-5-9-16/h3-11,18H,2,12-15,26H2,1H3,(H,27,31,33).